The minimum absolute atomic E-state index is 0.177. The number of nitrogens with zero attached hydrogens (tertiary/aromatic N) is 1. The van der Waals surface area contributed by atoms with Crippen molar-refractivity contribution < 1.29 is 14.7 Å². The molecule has 98 valence electrons. The van der Waals surface area contributed by atoms with Crippen molar-refractivity contribution in [3.8, 4) is 0 Å². The van der Waals surface area contributed by atoms with E-state index in [0.717, 1.165) is 19.4 Å². The molecule has 0 aromatic carbocycles. The summed E-state index contributed by atoms with van der Waals surface area (Å²) in [7, 11) is 3.31. The quantitative estimate of drug-likeness (QED) is 0.623. The molecule has 1 aliphatic rings. The van der Waals surface area contributed by atoms with Gasteiger partial charge in [0.05, 0.1) is 12.1 Å². The summed E-state index contributed by atoms with van der Waals surface area (Å²) in [6.07, 6.45) is 1.42. The number of nitrogens with one attached hydrogen (secondary N) is 2. The molecule has 0 radical (unpaired) electrons. The molecule has 0 bridgehead atoms. The van der Waals surface area contributed by atoms with Gasteiger partial charge in [0.15, 0.2) is 0 Å². The van der Waals surface area contributed by atoms with E-state index in [9.17, 15) is 14.7 Å². The highest BCUT2D eigenvalue weighted by Crippen LogP contribution is 2.27. The maximum atomic E-state index is 11.6. The van der Waals surface area contributed by atoms with Gasteiger partial charge in [0.25, 0.3) is 0 Å². The Labute approximate surface area is 101 Å². The van der Waals surface area contributed by atoms with Crippen molar-refractivity contribution in [3.05, 3.63) is 0 Å². The minimum Gasteiger partial charge on any atom is -0.393 e. The van der Waals surface area contributed by atoms with Crippen LogP contribution in [0.4, 0.5) is 4.79 Å². The lowest BCUT2D eigenvalue weighted by atomic mass is 9.82. The summed E-state index contributed by atoms with van der Waals surface area (Å²) in [6, 6.07) is -0.848. The molecule has 1 saturated carbocycles. The molecule has 1 fully saturated rings. The van der Waals surface area contributed by atoms with Crippen molar-refractivity contribution in [1.82, 2.24) is 15.5 Å². The molecule has 6 nitrogen and oxygen atoms in total. The van der Waals surface area contributed by atoms with Gasteiger partial charge in [0, 0.05) is 13.6 Å². The van der Waals surface area contributed by atoms with E-state index in [1.54, 1.807) is 6.92 Å². The first-order chi connectivity index (χ1) is 7.93. The third kappa shape index (κ3) is 3.98. The number of carbonyl (C=O) groups is 2. The number of hydrogen-bond donors (Lipinski definition) is 3. The van der Waals surface area contributed by atoms with Crippen LogP contribution in [0, 0.1) is 5.92 Å². The molecule has 1 aliphatic carbocycles. The largest absolute Gasteiger partial charge is 0.393 e. The number of likely N-dealkylation sites (N-methyl/N-ethyl adjacent to an activating group) is 1. The highest BCUT2D eigenvalue weighted by atomic mass is 16.3. The summed E-state index contributed by atoms with van der Waals surface area (Å²) in [6.45, 7) is 2.52. The Morgan fingerprint density at radius 1 is 1.47 bits per heavy atom. The molecule has 0 aliphatic heterocycles. The monoisotopic (exact) mass is 243 g/mol. The topological polar surface area (TPSA) is 81.7 Å². The number of imide groups is 1. The molecule has 1 atom stereocenters. The second-order valence-corrected chi connectivity index (χ2v) is 4.68. The van der Waals surface area contributed by atoms with Gasteiger partial charge in [-0.2, -0.15) is 0 Å². The number of aliphatic hydroxyl groups excluding tert-OH is 1. The van der Waals surface area contributed by atoms with Crippen LogP contribution < -0.4 is 10.6 Å². The summed E-state index contributed by atoms with van der Waals surface area (Å²) in [5, 5.41) is 13.8. The molecule has 0 spiro atoms. The third-order valence-electron chi connectivity index (χ3n) is 3.26. The fraction of sp³-hybridized carbons (Fsp3) is 0.818. The molecule has 3 N–H and O–H groups in total. The van der Waals surface area contributed by atoms with Gasteiger partial charge < -0.3 is 10.4 Å². The number of aliphatic hydroxyl groups is 1. The highest BCUT2D eigenvalue weighted by molar-refractivity contribution is 5.96. The van der Waals surface area contributed by atoms with Gasteiger partial charge in [-0.15, -0.1) is 0 Å². The van der Waals surface area contributed by atoms with Gasteiger partial charge in [-0.3, -0.25) is 15.0 Å². The van der Waals surface area contributed by atoms with Crippen molar-refractivity contribution in [3.63, 3.8) is 0 Å². The Balaban J connectivity index is 2.32. The van der Waals surface area contributed by atoms with Crippen molar-refractivity contribution in [2.24, 2.45) is 5.92 Å². The molecular weight excluding hydrogens is 222 g/mol. The number of hydrogen-bond acceptors (Lipinski definition) is 4. The lowest BCUT2D eigenvalue weighted by Gasteiger charge is -2.36. The van der Waals surface area contributed by atoms with E-state index in [1.807, 2.05) is 11.9 Å². The van der Waals surface area contributed by atoms with Crippen LogP contribution in [0.3, 0.4) is 0 Å². The molecular formula is C11H21N3O3. The fourth-order valence-corrected chi connectivity index (χ4v) is 1.89. The number of rotatable bonds is 4. The molecule has 1 rings (SSSR count). The van der Waals surface area contributed by atoms with Crippen molar-refractivity contribution in [2.45, 2.75) is 31.9 Å². The van der Waals surface area contributed by atoms with E-state index in [0.29, 0.717) is 5.92 Å². The van der Waals surface area contributed by atoms with Crippen molar-refractivity contribution >= 4 is 11.9 Å². The van der Waals surface area contributed by atoms with Gasteiger partial charge >= 0.3 is 6.03 Å². The molecule has 0 aromatic rings. The van der Waals surface area contributed by atoms with Crippen LogP contribution >= 0.6 is 0 Å². The summed E-state index contributed by atoms with van der Waals surface area (Å²) >= 11 is 0. The van der Waals surface area contributed by atoms with Gasteiger partial charge in [-0.25, -0.2) is 4.79 Å². The molecule has 0 saturated heterocycles. The third-order valence-corrected chi connectivity index (χ3v) is 3.26. The molecule has 6 heteroatoms. The Morgan fingerprint density at radius 2 is 2.06 bits per heavy atom. The molecule has 0 aromatic heterocycles. The predicted octanol–water partition coefficient (Wildman–Crippen LogP) is -0.467. The van der Waals surface area contributed by atoms with Crippen LogP contribution in [-0.4, -0.2) is 54.7 Å². The summed E-state index contributed by atoms with van der Waals surface area (Å²) in [5.41, 5.74) is 0. The van der Waals surface area contributed by atoms with Crippen LogP contribution in [0.2, 0.25) is 0 Å². The van der Waals surface area contributed by atoms with E-state index in [4.69, 9.17) is 0 Å². The maximum Gasteiger partial charge on any atom is 0.321 e. The second kappa shape index (κ2) is 5.97. The summed E-state index contributed by atoms with van der Waals surface area (Å²) < 4.78 is 0. The number of urea groups is 1. The number of amides is 3. The van der Waals surface area contributed by atoms with Gasteiger partial charge in [-0.05, 0) is 32.7 Å². The SMILES string of the molecule is CNC(=O)NC(=O)C(C)N(C)CC1CC(O)C1. The second-order valence-electron chi connectivity index (χ2n) is 4.68. The average molecular weight is 243 g/mol. The van der Waals surface area contributed by atoms with Crippen LogP contribution in [-0.2, 0) is 4.79 Å². The Hall–Kier alpha value is -1.14. The Kier molecular flexibility index (Phi) is 4.89. The van der Waals surface area contributed by atoms with Crippen molar-refractivity contribution in [2.75, 3.05) is 20.6 Å². The Morgan fingerprint density at radius 3 is 2.53 bits per heavy atom. The first-order valence-corrected chi connectivity index (χ1v) is 5.85. The molecule has 17 heavy (non-hydrogen) atoms. The molecule has 1 unspecified atom stereocenters. The normalized spacial score (nSPS) is 25.0. The maximum absolute atomic E-state index is 11.6. The standard InChI is InChI=1S/C11H21N3O3/c1-7(10(16)13-11(17)12-2)14(3)6-8-4-9(15)5-8/h7-9,15H,4-6H2,1-3H3,(H2,12,13,16,17). The summed E-state index contributed by atoms with van der Waals surface area (Å²) in [4.78, 5) is 24.5. The van der Waals surface area contributed by atoms with Crippen LogP contribution in [0.25, 0.3) is 0 Å². The van der Waals surface area contributed by atoms with Crippen LogP contribution in [0.15, 0.2) is 0 Å². The Bertz CT molecular complexity index is 290. The molecule has 3 amide bonds. The zero-order valence-corrected chi connectivity index (χ0v) is 10.6. The van der Waals surface area contributed by atoms with E-state index in [2.05, 4.69) is 10.6 Å². The van der Waals surface area contributed by atoms with Gasteiger partial charge in [0.1, 0.15) is 0 Å². The zero-order valence-electron chi connectivity index (χ0n) is 10.6. The number of carbonyl (C=O) groups excluding carboxylic acids is 2. The van der Waals surface area contributed by atoms with E-state index in [1.165, 1.54) is 7.05 Å². The first kappa shape index (κ1) is 13.9. The van der Waals surface area contributed by atoms with Crippen LogP contribution in [0.5, 0.6) is 0 Å². The van der Waals surface area contributed by atoms with E-state index >= 15 is 0 Å². The van der Waals surface area contributed by atoms with Crippen molar-refractivity contribution in [1.29, 1.82) is 0 Å². The average Bonchev–Trinajstić information content (AvgIpc) is 2.25. The lowest BCUT2D eigenvalue weighted by Crippen LogP contribution is -2.50. The van der Waals surface area contributed by atoms with Crippen LogP contribution in [0.1, 0.15) is 19.8 Å². The van der Waals surface area contributed by atoms with E-state index < -0.39 is 6.03 Å². The molecule has 0 heterocycles. The zero-order chi connectivity index (χ0) is 13.0. The predicted molar refractivity (Wildman–Crippen MR) is 63.4 cm³/mol. The minimum atomic E-state index is -0.491. The first-order valence-electron chi connectivity index (χ1n) is 5.85. The fourth-order valence-electron chi connectivity index (χ4n) is 1.89. The summed E-state index contributed by atoms with van der Waals surface area (Å²) in [5.74, 6) is 0.136. The van der Waals surface area contributed by atoms with Gasteiger partial charge in [0.2, 0.25) is 5.91 Å². The van der Waals surface area contributed by atoms with Gasteiger partial charge in [-0.1, -0.05) is 0 Å². The highest BCUT2D eigenvalue weighted by Gasteiger charge is 2.30. The van der Waals surface area contributed by atoms with E-state index in [-0.39, 0.29) is 18.1 Å². The lowest BCUT2D eigenvalue weighted by molar-refractivity contribution is -0.124. The smallest absolute Gasteiger partial charge is 0.321 e.